The highest BCUT2D eigenvalue weighted by atomic mass is 79.9. The Balaban J connectivity index is 3.03. The van der Waals surface area contributed by atoms with E-state index in [-0.39, 0.29) is 4.83 Å². The van der Waals surface area contributed by atoms with Crippen LogP contribution in [-0.4, -0.2) is 4.83 Å². The average Bonchev–Trinajstić information content (AvgIpc) is 2.04. The molecule has 0 aliphatic rings. The highest BCUT2D eigenvalue weighted by molar-refractivity contribution is 9.09. The molecule has 1 aromatic carbocycles. The van der Waals surface area contributed by atoms with Crippen LogP contribution in [0.3, 0.4) is 0 Å². The van der Waals surface area contributed by atoms with Gasteiger partial charge < -0.3 is 0 Å². The monoisotopic (exact) mass is 244 g/mol. The van der Waals surface area contributed by atoms with E-state index in [0.29, 0.717) is 0 Å². The van der Waals surface area contributed by atoms with Crippen LogP contribution in [0.1, 0.15) is 12.5 Å². The van der Waals surface area contributed by atoms with Crippen LogP contribution in [0.2, 0.25) is 5.02 Å². The van der Waals surface area contributed by atoms with E-state index in [1.54, 1.807) is 0 Å². The highest BCUT2D eigenvalue weighted by Gasteiger charge is 2.07. The number of rotatable bonds is 2. The van der Waals surface area contributed by atoms with Crippen molar-refractivity contribution in [2.75, 3.05) is 0 Å². The van der Waals surface area contributed by atoms with Gasteiger partial charge in [-0.2, -0.15) is 0 Å². The van der Waals surface area contributed by atoms with Crippen molar-refractivity contribution in [3.8, 4) is 0 Å². The minimum atomic E-state index is 0.261. The maximum Gasteiger partial charge on any atom is 0.0481 e. The van der Waals surface area contributed by atoms with E-state index in [0.717, 1.165) is 16.2 Å². The van der Waals surface area contributed by atoms with E-state index in [1.807, 2.05) is 31.2 Å². The first kappa shape index (κ1) is 9.82. The first-order valence-electron chi connectivity index (χ1n) is 3.70. The quantitative estimate of drug-likeness (QED) is 0.687. The number of benzene rings is 1. The topological polar surface area (TPSA) is 0 Å². The summed E-state index contributed by atoms with van der Waals surface area (Å²) in [7, 11) is 0. The predicted octanol–water partition coefficient (Wildman–Crippen LogP) is 4.14. The van der Waals surface area contributed by atoms with Gasteiger partial charge in [0.15, 0.2) is 0 Å². The van der Waals surface area contributed by atoms with Gasteiger partial charge >= 0.3 is 0 Å². The van der Waals surface area contributed by atoms with Crippen molar-refractivity contribution in [2.24, 2.45) is 0 Å². The van der Waals surface area contributed by atoms with Gasteiger partial charge in [-0.25, -0.2) is 0 Å². The van der Waals surface area contributed by atoms with E-state index >= 15 is 0 Å². The first-order chi connectivity index (χ1) is 5.63. The molecular formula is C10H10BrCl. The lowest BCUT2D eigenvalue weighted by Gasteiger charge is -2.09. The largest absolute Gasteiger partial charge is 0.0941 e. The third-order valence-corrected chi connectivity index (χ3v) is 2.58. The van der Waals surface area contributed by atoms with Crippen LogP contribution in [0.15, 0.2) is 30.8 Å². The SMILES string of the molecule is C=C(c1ccccc1Cl)C(C)Br. The van der Waals surface area contributed by atoms with Crippen molar-refractivity contribution < 1.29 is 0 Å². The minimum Gasteiger partial charge on any atom is -0.0941 e. The molecule has 0 spiro atoms. The van der Waals surface area contributed by atoms with E-state index in [2.05, 4.69) is 22.5 Å². The third-order valence-electron chi connectivity index (χ3n) is 1.70. The lowest BCUT2D eigenvalue weighted by Crippen LogP contribution is -1.94. The molecule has 0 nitrogen and oxygen atoms in total. The van der Waals surface area contributed by atoms with Crippen molar-refractivity contribution in [3.05, 3.63) is 41.4 Å². The summed E-state index contributed by atoms with van der Waals surface area (Å²) in [5.41, 5.74) is 2.03. The fourth-order valence-corrected chi connectivity index (χ4v) is 1.44. The summed E-state index contributed by atoms with van der Waals surface area (Å²) in [6.07, 6.45) is 0. The fraction of sp³-hybridized carbons (Fsp3) is 0.200. The molecule has 64 valence electrons. The van der Waals surface area contributed by atoms with Gasteiger partial charge in [0.2, 0.25) is 0 Å². The normalized spacial score (nSPS) is 12.6. The predicted molar refractivity (Wildman–Crippen MR) is 58.9 cm³/mol. The standard InChI is InChI=1S/C10H10BrCl/c1-7(8(2)11)9-5-3-4-6-10(9)12/h3-6,8H,1H2,2H3. The zero-order valence-electron chi connectivity index (χ0n) is 6.85. The molecule has 1 atom stereocenters. The molecular weight excluding hydrogens is 235 g/mol. The molecule has 1 unspecified atom stereocenters. The van der Waals surface area contributed by atoms with Crippen molar-refractivity contribution in [1.82, 2.24) is 0 Å². The summed E-state index contributed by atoms with van der Waals surface area (Å²) in [5.74, 6) is 0. The number of alkyl halides is 1. The molecule has 0 saturated carbocycles. The maximum atomic E-state index is 5.98. The molecule has 0 heterocycles. The third kappa shape index (κ3) is 2.11. The summed E-state index contributed by atoms with van der Waals surface area (Å²) in [5, 5.41) is 0.758. The van der Waals surface area contributed by atoms with Gasteiger partial charge in [-0.3, -0.25) is 0 Å². The lowest BCUT2D eigenvalue weighted by molar-refractivity contribution is 1.29. The van der Waals surface area contributed by atoms with Crippen LogP contribution >= 0.6 is 27.5 Å². The van der Waals surface area contributed by atoms with Gasteiger partial charge in [0.1, 0.15) is 0 Å². The number of allylic oxidation sites excluding steroid dienone is 1. The Hall–Kier alpha value is -0.270. The first-order valence-corrected chi connectivity index (χ1v) is 5.00. The van der Waals surface area contributed by atoms with Crippen molar-refractivity contribution >= 4 is 33.1 Å². The Labute approximate surface area is 86.4 Å². The highest BCUT2D eigenvalue weighted by Crippen LogP contribution is 2.27. The van der Waals surface area contributed by atoms with E-state index < -0.39 is 0 Å². The molecule has 0 saturated heterocycles. The zero-order valence-corrected chi connectivity index (χ0v) is 9.19. The van der Waals surface area contributed by atoms with Gasteiger partial charge in [-0.05, 0) is 24.1 Å². The minimum absolute atomic E-state index is 0.261. The molecule has 0 aliphatic heterocycles. The second-order valence-corrected chi connectivity index (χ2v) is 4.40. The Morgan fingerprint density at radius 2 is 2.08 bits per heavy atom. The molecule has 12 heavy (non-hydrogen) atoms. The molecule has 0 fully saturated rings. The second-order valence-electron chi connectivity index (χ2n) is 2.62. The summed E-state index contributed by atoms with van der Waals surface area (Å²) in [4.78, 5) is 0.261. The number of hydrogen-bond donors (Lipinski definition) is 0. The average molecular weight is 246 g/mol. The summed E-state index contributed by atoms with van der Waals surface area (Å²) < 4.78 is 0. The molecule has 0 aromatic heterocycles. The molecule has 0 bridgehead atoms. The molecule has 1 aromatic rings. The molecule has 0 N–H and O–H groups in total. The van der Waals surface area contributed by atoms with Crippen LogP contribution in [-0.2, 0) is 0 Å². The van der Waals surface area contributed by atoms with Gasteiger partial charge in [-0.1, -0.05) is 52.3 Å². The van der Waals surface area contributed by atoms with Crippen LogP contribution < -0.4 is 0 Å². The van der Waals surface area contributed by atoms with Crippen molar-refractivity contribution in [1.29, 1.82) is 0 Å². The van der Waals surface area contributed by atoms with E-state index in [1.165, 1.54) is 0 Å². The van der Waals surface area contributed by atoms with Crippen LogP contribution in [0.5, 0.6) is 0 Å². The zero-order chi connectivity index (χ0) is 9.14. The fourth-order valence-electron chi connectivity index (χ4n) is 0.936. The molecule has 0 amide bonds. The Morgan fingerprint density at radius 1 is 1.50 bits per heavy atom. The van der Waals surface area contributed by atoms with Gasteiger partial charge in [0, 0.05) is 9.85 Å². The Morgan fingerprint density at radius 3 is 2.58 bits per heavy atom. The van der Waals surface area contributed by atoms with Gasteiger partial charge in [0.05, 0.1) is 0 Å². The maximum absolute atomic E-state index is 5.98. The van der Waals surface area contributed by atoms with Crippen LogP contribution in [0.4, 0.5) is 0 Å². The Bertz CT molecular complexity index is 292. The molecule has 0 aliphatic carbocycles. The summed E-state index contributed by atoms with van der Waals surface area (Å²) >= 11 is 9.43. The van der Waals surface area contributed by atoms with E-state index in [4.69, 9.17) is 11.6 Å². The van der Waals surface area contributed by atoms with Crippen LogP contribution in [0, 0.1) is 0 Å². The van der Waals surface area contributed by atoms with Crippen LogP contribution in [0.25, 0.3) is 5.57 Å². The lowest BCUT2D eigenvalue weighted by atomic mass is 10.1. The van der Waals surface area contributed by atoms with Gasteiger partial charge in [-0.15, -0.1) is 0 Å². The van der Waals surface area contributed by atoms with Crippen molar-refractivity contribution in [3.63, 3.8) is 0 Å². The van der Waals surface area contributed by atoms with Gasteiger partial charge in [0.25, 0.3) is 0 Å². The molecule has 1 rings (SSSR count). The Kier molecular flexibility index (Phi) is 3.36. The molecule has 2 heteroatoms. The summed E-state index contributed by atoms with van der Waals surface area (Å²) in [6, 6.07) is 7.72. The second kappa shape index (κ2) is 4.11. The van der Waals surface area contributed by atoms with E-state index in [9.17, 15) is 0 Å². The van der Waals surface area contributed by atoms with Crippen molar-refractivity contribution in [2.45, 2.75) is 11.8 Å². The smallest absolute Gasteiger partial charge is 0.0481 e. The summed E-state index contributed by atoms with van der Waals surface area (Å²) in [6.45, 7) is 5.99. The number of halogens is 2. The number of hydrogen-bond acceptors (Lipinski definition) is 0. The molecule has 0 radical (unpaired) electrons.